The van der Waals surface area contributed by atoms with Crippen molar-refractivity contribution < 1.29 is 4.79 Å². The van der Waals surface area contributed by atoms with Crippen LogP contribution in [0.5, 0.6) is 0 Å². The van der Waals surface area contributed by atoms with Crippen LogP contribution in [0.1, 0.15) is 37.5 Å². The summed E-state index contributed by atoms with van der Waals surface area (Å²) in [6.45, 7) is 2.24. The van der Waals surface area contributed by atoms with Gasteiger partial charge in [-0.05, 0) is 36.6 Å². The molecule has 2 atom stereocenters. The summed E-state index contributed by atoms with van der Waals surface area (Å²) >= 11 is 1.77. The molecule has 0 N–H and O–H groups in total. The Morgan fingerprint density at radius 2 is 2.47 bits per heavy atom. The fraction of sp³-hybridized carbons (Fsp3) is 0.615. The molecule has 0 saturated heterocycles. The van der Waals surface area contributed by atoms with Crippen molar-refractivity contribution in [3.8, 4) is 0 Å². The van der Waals surface area contributed by atoms with E-state index in [1.54, 1.807) is 11.3 Å². The van der Waals surface area contributed by atoms with E-state index in [4.69, 9.17) is 0 Å². The minimum Gasteiger partial charge on any atom is -0.303 e. The number of thiophene rings is 1. The van der Waals surface area contributed by atoms with Gasteiger partial charge in [0, 0.05) is 10.3 Å². The SMILES string of the molecule is CC1CCCCC1(C=O)Cc1cccs1. The second-order valence-corrected chi connectivity index (χ2v) is 5.79. The molecule has 1 aromatic rings. The minimum atomic E-state index is -0.0664. The lowest BCUT2D eigenvalue weighted by molar-refractivity contribution is -0.120. The number of carbonyl (C=O) groups excluding carboxylic acids is 1. The number of hydrogen-bond acceptors (Lipinski definition) is 2. The first kappa shape index (κ1) is 10.9. The van der Waals surface area contributed by atoms with Crippen LogP contribution >= 0.6 is 11.3 Å². The lowest BCUT2D eigenvalue weighted by Crippen LogP contribution is -2.35. The van der Waals surface area contributed by atoms with Gasteiger partial charge >= 0.3 is 0 Å². The molecule has 0 bridgehead atoms. The van der Waals surface area contributed by atoms with Gasteiger partial charge in [0.2, 0.25) is 0 Å². The van der Waals surface area contributed by atoms with Crippen LogP contribution in [-0.4, -0.2) is 6.29 Å². The zero-order valence-electron chi connectivity index (χ0n) is 9.24. The van der Waals surface area contributed by atoms with Crippen LogP contribution < -0.4 is 0 Å². The third kappa shape index (κ3) is 2.15. The summed E-state index contributed by atoms with van der Waals surface area (Å²) in [4.78, 5) is 12.8. The molecule has 1 fully saturated rings. The first-order valence-corrected chi connectivity index (χ1v) is 6.63. The van der Waals surface area contributed by atoms with Crippen molar-refractivity contribution in [2.75, 3.05) is 0 Å². The maximum Gasteiger partial charge on any atom is 0.126 e. The van der Waals surface area contributed by atoms with Crippen LogP contribution in [0.15, 0.2) is 17.5 Å². The van der Waals surface area contributed by atoms with Crippen molar-refractivity contribution in [3.05, 3.63) is 22.4 Å². The zero-order valence-corrected chi connectivity index (χ0v) is 10.1. The topological polar surface area (TPSA) is 17.1 Å². The Balaban J connectivity index is 2.16. The minimum absolute atomic E-state index is 0.0664. The van der Waals surface area contributed by atoms with E-state index >= 15 is 0 Å². The fourth-order valence-electron chi connectivity index (χ4n) is 2.66. The van der Waals surface area contributed by atoms with Gasteiger partial charge in [-0.1, -0.05) is 25.8 Å². The molecule has 82 valence electrons. The zero-order chi connectivity index (χ0) is 10.7. The number of rotatable bonds is 3. The molecule has 0 spiro atoms. The average molecular weight is 222 g/mol. The lowest BCUT2D eigenvalue weighted by Gasteiger charge is -2.38. The molecule has 0 aromatic carbocycles. The van der Waals surface area contributed by atoms with Gasteiger partial charge in [0.05, 0.1) is 0 Å². The molecule has 0 aliphatic heterocycles. The van der Waals surface area contributed by atoms with Crippen molar-refractivity contribution in [1.29, 1.82) is 0 Å². The molecule has 2 unspecified atom stereocenters. The highest BCUT2D eigenvalue weighted by atomic mass is 32.1. The lowest BCUT2D eigenvalue weighted by atomic mass is 9.66. The summed E-state index contributed by atoms with van der Waals surface area (Å²) in [5.41, 5.74) is -0.0664. The maximum atomic E-state index is 11.4. The van der Waals surface area contributed by atoms with Gasteiger partial charge in [-0.2, -0.15) is 0 Å². The highest BCUT2D eigenvalue weighted by molar-refractivity contribution is 7.09. The molecular weight excluding hydrogens is 204 g/mol. The van der Waals surface area contributed by atoms with E-state index in [0.29, 0.717) is 5.92 Å². The summed E-state index contributed by atoms with van der Waals surface area (Å²) in [7, 11) is 0. The van der Waals surface area contributed by atoms with Crippen LogP contribution in [0.2, 0.25) is 0 Å². The highest BCUT2D eigenvalue weighted by Crippen LogP contribution is 2.42. The van der Waals surface area contributed by atoms with Crippen molar-refractivity contribution in [2.24, 2.45) is 11.3 Å². The Morgan fingerprint density at radius 1 is 1.60 bits per heavy atom. The number of hydrogen-bond donors (Lipinski definition) is 0. The molecule has 1 aliphatic rings. The van der Waals surface area contributed by atoms with Crippen LogP contribution in [0.25, 0.3) is 0 Å². The van der Waals surface area contributed by atoms with Gasteiger partial charge in [-0.3, -0.25) is 0 Å². The van der Waals surface area contributed by atoms with Gasteiger partial charge in [0.15, 0.2) is 0 Å². The molecule has 1 aliphatic carbocycles. The van der Waals surface area contributed by atoms with Crippen molar-refractivity contribution in [2.45, 2.75) is 39.0 Å². The molecule has 0 radical (unpaired) electrons. The third-order valence-corrected chi connectivity index (χ3v) is 4.71. The van der Waals surface area contributed by atoms with E-state index in [2.05, 4.69) is 24.4 Å². The molecular formula is C13H18OS. The van der Waals surface area contributed by atoms with Crippen molar-refractivity contribution >= 4 is 17.6 Å². The Bertz CT molecular complexity index is 317. The summed E-state index contributed by atoms with van der Waals surface area (Å²) in [5.74, 6) is 0.547. The Kier molecular flexibility index (Phi) is 3.25. The van der Waals surface area contributed by atoms with Gasteiger partial charge in [-0.25, -0.2) is 0 Å². The van der Waals surface area contributed by atoms with E-state index in [-0.39, 0.29) is 5.41 Å². The van der Waals surface area contributed by atoms with E-state index in [0.717, 1.165) is 12.8 Å². The van der Waals surface area contributed by atoms with E-state index in [1.807, 2.05) is 0 Å². The van der Waals surface area contributed by atoms with Gasteiger partial charge < -0.3 is 4.79 Å². The van der Waals surface area contributed by atoms with Crippen molar-refractivity contribution in [1.82, 2.24) is 0 Å². The van der Waals surface area contributed by atoms with Crippen LogP contribution in [0.4, 0.5) is 0 Å². The monoisotopic (exact) mass is 222 g/mol. The molecule has 1 aromatic heterocycles. The molecule has 0 amide bonds. The second kappa shape index (κ2) is 4.48. The van der Waals surface area contributed by atoms with E-state index in [1.165, 1.54) is 30.4 Å². The van der Waals surface area contributed by atoms with Gasteiger partial charge in [-0.15, -0.1) is 11.3 Å². The average Bonchev–Trinajstić information content (AvgIpc) is 2.74. The molecule has 15 heavy (non-hydrogen) atoms. The maximum absolute atomic E-state index is 11.4. The van der Waals surface area contributed by atoms with Crippen LogP contribution in [0.3, 0.4) is 0 Å². The molecule has 1 nitrogen and oxygen atoms in total. The first-order valence-electron chi connectivity index (χ1n) is 5.75. The molecule has 1 saturated carbocycles. The Morgan fingerprint density at radius 3 is 3.07 bits per heavy atom. The normalized spacial score (nSPS) is 31.4. The summed E-state index contributed by atoms with van der Waals surface area (Å²) in [6, 6.07) is 4.23. The third-order valence-electron chi connectivity index (χ3n) is 3.83. The predicted octanol–water partition coefficient (Wildman–Crippen LogP) is 3.69. The van der Waals surface area contributed by atoms with Crippen LogP contribution in [-0.2, 0) is 11.2 Å². The van der Waals surface area contributed by atoms with Gasteiger partial charge in [0.25, 0.3) is 0 Å². The van der Waals surface area contributed by atoms with Crippen molar-refractivity contribution in [3.63, 3.8) is 0 Å². The number of aldehydes is 1. The number of carbonyl (C=O) groups is 1. The van der Waals surface area contributed by atoms with E-state index < -0.39 is 0 Å². The predicted molar refractivity (Wildman–Crippen MR) is 64.2 cm³/mol. The quantitative estimate of drug-likeness (QED) is 0.713. The first-order chi connectivity index (χ1) is 7.27. The van der Waals surface area contributed by atoms with Gasteiger partial charge in [0.1, 0.15) is 6.29 Å². The Hall–Kier alpha value is -0.630. The Labute approximate surface area is 95.5 Å². The fourth-order valence-corrected chi connectivity index (χ4v) is 3.50. The summed E-state index contributed by atoms with van der Waals surface area (Å²) in [6.07, 6.45) is 6.99. The van der Waals surface area contributed by atoms with Crippen LogP contribution in [0, 0.1) is 11.3 Å². The smallest absolute Gasteiger partial charge is 0.126 e. The summed E-state index contributed by atoms with van der Waals surface area (Å²) in [5, 5.41) is 2.10. The molecule has 2 heteroatoms. The molecule has 1 heterocycles. The molecule has 2 rings (SSSR count). The summed E-state index contributed by atoms with van der Waals surface area (Å²) < 4.78 is 0. The highest BCUT2D eigenvalue weighted by Gasteiger charge is 2.38. The second-order valence-electron chi connectivity index (χ2n) is 4.75. The largest absolute Gasteiger partial charge is 0.303 e. The van der Waals surface area contributed by atoms with E-state index in [9.17, 15) is 4.79 Å². The standard InChI is InChI=1S/C13H18OS/c1-11-5-2-3-7-13(11,10-14)9-12-6-4-8-15-12/h4,6,8,10-11H,2-3,5,7,9H2,1H3.